The molecule has 1 aliphatic heterocycles. The monoisotopic (exact) mass is 522 g/mol. The zero-order valence-electron chi connectivity index (χ0n) is 20.5. The van der Waals surface area contributed by atoms with Gasteiger partial charge in [-0.05, 0) is 72.7 Å². The first-order valence-corrected chi connectivity index (χ1v) is 14.1. The molecule has 194 valence electrons. The van der Waals surface area contributed by atoms with Crippen LogP contribution < -0.4 is 10.0 Å². The summed E-state index contributed by atoms with van der Waals surface area (Å²) in [6.45, 7) is 1.32. The number of amides is 1. The maximum atomic E-state index is 13.9. The maximum absolute atomic E-state index is 13.9. The van der Waals surface area contributed by atoms with E-state index in [0.29, 0.717) is 32.4 Å². The van der Waals surface area contributed by atoms with E-state index in [0.717, 1.165) is 23.1 Å². The van der Waals surface area contributed by atoms with Crippen LogP contribution in [0.1, 0.15) is 35.4 Å². The van der Waals surface area contributed by atoms with E-state index in [1.807, 2.05) is 29.3 Å². The Bertz CT molecular complexity index is 1340. The van der Waals surface area contributed by atoms with Crippen LogP contribution in [0.25, 0.3) is 0 Å². The molecule has 5 rings (SSSR count). The predicted molar refractivity (Wildman–Crippen MR) is 139 cm³/mol. The van der Waals surface area contributed by atoms with E-state index in [9.17, 15) is 17.6 Å². The average Bonchev–Trinajstić information content (AvgIpc) is 3.32. The molecule has 2 heterocycles. The first-order chi connectivity index (χ1) is 17.9. The number of hydrogen-bond acceptors (Lipinski definition) is 5. The number of rotatable bonds is 8. The number of likely N-dealkylation sites (tertiary alicyclic amines) is 1. The third-order valence-corrected chi connectivity index (χ3v) is 8.79. The highest BCUT2D eigenvalue weighted by Crippen LogP contribution is 2.35. The molecular formula is C28H31FN4O3S. The smallest absolute Gasteiger partial charge is 0.240 e. The van der Waals surface area contributed by atoms with Crippen LogP contribution in [0.2, 0.25) is 0 Å². The maximum Gasteiger partial charge on any atom is 0.240 e. The van der Waals surface area contributed by atoms with E-state index in [1.165, 1.54) is 6.07 Å². The van der Waals surface area contributed by atoms with Crippen molar-refractivity contribution in [1.29, 1.82) is 0 Å². The van der Waals surface area contributed by atoms with Crippen LogP contribution in [0.4, 0.5) is 4.39 Å². The Kier molecular flexibility index (Phi) is 7.64. The number of halogens is 1. The van der Waals surface area contributed by atoms with Gasteiger partial charge in [0.1, 0.15) is 5.82 Å². The summed E-state index contributed by atoms with van der Waals surface area (Å²) in [5.41, 5.74) is 3.13. The fourth-order valence-electron chi connectivity index (χ4n) is 5.49. The molecule has 9 heteroatoms. The van der Waals surface area contributed by atoms with Crippen molar-refractivity contribution in [1.82, 2.24) is 19.9 Å². The lowest BCUT2D eigenvalue weighted by Gasteiger charge is -2.35. The Morgan fingerprint density at radius 1 is 1.08 bits per heavy atom. The standard InChI is InChI=1S/C28H31FN4O3S/c29-22-9-10-25-21(16-22)8-11-27(26(25)15-20-5-4-13-30-17-20)31-28(34)19-33-14-12-23(18-33)32-37(35,36)24-6-2-1-3-7-24/h1-7,9-10,13,16-17,23,26-27,32H,8,11-12,14-15,18-19H2,(H,31,34)/t23-,26-,27+/m1/s1. The Balaban J connectivity index is 1.21. The van der Waals surface area contributed by atoms with Crippen molar-refractivity contribution in [3.63, 3.8) is 0 Å². The fourth-order valence-corrected chi connectivity index (χ4v) is 6.78. The number of hydrogen-bond donors (Lipinski definition) is 2. The quantitative estimate of drug-likeness (QED) is 0.475. The Hall–Kier alpha value is -3.14. The summed E-state index contributed by atoms with van der Waals surface area (Å²) in [7, 11) is -3.60. The molecule has 1 fully saturated rings. The SMILES string of the molecule is O=C(CN1CC[C@@H](NS(=O)(=O)c2ccccc2)C1)N[C@H]1CCc2cc(F)ccc2[C@H]1Cc1cccnc1. The molecular weight excluding hydrogens is 491 g/mol. The average molecular weight is 523 g/mol. The van der Waals surface area contributed by atoms with Crippen LogP contribution >= 0.6 is 0 Å². The van der Waals surface area contributed by atoms with Crippen LogP contribution in [0.5, 0.6) is 0 Å². The zero-order valence-corrected chi connectivity index (χ0v) is 21.3. The van der Waals surface area contributed by atoms with Crippen molar-refractivity contribution < 1.29 is 17.6 Å². The van der Waals surface area contributed by atoms with E-state index < -0.39 is 10.0 Å². The second-order valence-electron chi connectivity index (χ2n) is 9.88. The molecule has 1 aromatic heterocycles. The van der Waals surface area contributed by atoms with Crippen molar-refractivity contribution in [2.24, 2.45) is 0 Å². The molecule has 3 atom stereocenters. The van der Waals surface area contributed by atoms with Gasteiger partial charge in [-0.2, -0.15) is 0 Å². The van der Waals surface area contributed by atoms with Gasteiger partial charge in [0.25, 0.3) is 0 Å². The largest absolute Gasteiger partial charge is 0.352 e. The molecule has 0 spiro atoms. The Labute approximate surface area is 217 Å². The highest BCUT2D eigenvalue weighted by Gasteiger charge is 2.33. The molecule has 2 aromatic carbocycles. The van der Waals surface area contributed by atoms with Gasteiger partial charge in [0.2, 0.25) is 15.9 Å². The molecule has 1 aliphatic carbocycles. The lowest BCUT2D eigenvalue weighted by atomic mass is 9.76. The zero-order chi connectivity index (χ0) is 25.8. The van der Waals surface area contributed by atoms with Crippen LogP contribution in [0, 0.1) is 5.82 Å². The number of aryl methyl sites for hydroxylation is 1. The molecule has 0 unspecified atom stereocenters. The second-order valence-corrected chi connectivity index (χ2v) is 11.6. The number of nitrogens with one attached hydrogen (secondary N) is 2. The first-order valence-electron chi connectivity index (χ1n) is 12.6. The Morgan fingerprint density at radius 3 is 2.70 bits per heavy atom. The summed E-state index contributed by atoms with van der Waals surface area (Å²) in [5.74, 6) is -0.312. The van der Waals surface area contributed by atoms with Crippen LogP contribution in [-0.4, -0.2) is 55.9 Å². The van der Waals surface area contributed by atoms with Crippen molar-refractivity contribution in [2.75, 3.05) is 19.6 Å². The molecule has 0 bridgehead atoms. The van der Waals surface area contributed by atoms with Crippen molar-refractivity contribution >= 4 is 15.9 Å². The van der Waals surface area contributed by atoms with Crippen molar-refractivity contribution in [2.45, 2.75) is 48.6 Å². The molecule has 0 saturated carbocycles. The summed E-state index contributed by atoms with van der Waals surface area (Å²) in [6.07, 6.45) is 6.34. The van der Waals surface area contributed by atoms with Gasteiger partial charge in [0.15, 0.2) is 0 Å². The summed E-state index contributed by atoms with van der Waals surface area (Å²) in [6, 6.07) is 16.8. The summed E-state index contributed by atoms with van der Waals surface area (Å²) < 4.78 is 42.0. The van der Waals surface area contributed by atoms with Gasteiger partial charge in [-0.25, -0.2) is 17.5 Å². The van der Waals surface area contributed by atoms with Crippen molar-refractivity contribution in [3.8, 4) is 0 Å². The van der Waals surface area contributed by atoms with Gasteiger partial charge in [-0.15, -0.1) is 0 Å². The minimum atomic E-state index is -3.60. The van der Waals surface area contributed by atoms with Crippen LogP contribution in [0.15, 0.2) is 78.0 Å². The number of fused-ring (bicyclic) bond motifs is 1. The number of aromatic nitrogens is 1. The van der Waals surface area contributed by atoms with E-state index in [1.54, 1.807) is 42.6 Å². The molecule has 0 radical (unpaired) electrons. The molecule has 3 aromatic rings. The minimum absolute atomic E-state index is 0.0153. The third-order valence-electron chi connectivity index (χ3n) is 7.25. The normalized spacial score (nSPS) is 21.9. The minimum Gasteiger partial charge on any atom is -0.352 e. The number of sulfonamides is 1. The van der Waals surface area contributed by atoms with Gasteiger partial charge >= 0.3 is 0 Å². The van der Waals surface area contributed by atoms with Gasteiger partial charge < -0.3 is 5.32 Å². The van der Waals surface area contributed by atoms with Gasteiger partial charge in [0.05, 0.1) is 11.4 Å². The number of carbonyl (C=O) groups excluding carboxylic acids is 1. The summed E-state index contributed by atoms with van der Waals surface area (Å²) >= 11 is 0. The topological polar surface area (TPSA) is 91.4 Å². The number of carbonyl (C=O) groups is 1. The van der Waals surface area contributed by atoms with Gasteiger partial charge in [0, 0.05) is 43.5 Å². The van der Waals surface area contributed by atoms with E-state index in [4.69, 9.17) is 0 Å². The molecule has 1 amide bonds. The predicted octanol–water partition coefficient (Wildman–Crippen LogP) is 3.03. The number of nitrogens with zero attached hydrogens (tertiary/aromatic N) is 2. The molecule has 37 heavy (non-hydrogen) atoms. The van der Waals surface area contributed by atoms with E-state index in [2.05, 4.69) is 15.0 Å². The van der Waals surface area contributed by atoms with E-state index >= 15 is 0 Å². The molecule has 2 N–H and O–H groups in total. The van der Waals surface area contributed by atoms with Gasteiger partial charge in [-0.3, -0.25) is 14.7 Å². The number of pyridine rings is 1. The second kappa shape index (κ2) is 11.1. The first kappa shape index (κ1) is 25.5. The Morgan fingerprint density at radius 2 is 1.92 bits per heavy atom. The molecule has 7 nitrogen and oxygen atoms in total. The molecule has 2 aliphatic rings. The molecule has 1 saturated heterocycles. The lowest BCUT2D eigenvalue weighted by molar-refractivity contribution is -0.123. The highest BCUT2D eigenvalue weighted by atomic mass is 32.2. The van der Waals surface area contributed by atoms with E-state index in [-0.39, 0.29) is 41.2 Å². The van der Waals surface area contributed by atoms with Crippen LogP contribution in [0.3, 0.4) is 0 Å². The van der Waals surface area contributed by atoms with Crippen LogP contribution in [-0.2, 0) is 27.7 Å². The highest BCUT2D eigenvalue weighted by molar-refractivity contribution is 7.89. The van der Waals surface area contributed by atoms with Gasteiger partial charge in [-0.1, -0.05) is 30.3 Å². The summed E-state index contributed by atoms with van der Waals surface area (Å²) in [4.78, 5) is 19.5. The lowest BCUT2D eigenvalue weighted by Crippen LogP contribution is -2.46. The third kappa shape index (κ3) is 6.23. The summed E-state index contributed by atoms with van der Waals surface area (Å²) in [5, 5.41) is 3.23. The fraction of sp³-hybridized carbons (Fsp3) is 0.357. The number of benzene rings is 2. The van der Waals surface area contributed by atoms with Crippen molar-refractivity contribution in [3.05, 3.63) is 95.6 Å².